The normalized spacial score (nSPS) is 13.2. The minimum atomic E-state index is -3.50. The highest BCUT2D eigenvalue weighted by molar-refractivity contribution is 7.92. The van der Waals surface area contributed by atoms with Gasteiger partial charge in [-0.25, -0.2) is 13.4 Å². The van der Waals surface area contributed by atoms with Gasteiger partial charge in [0.05, 0.1) is 29.2 Å². The smallest absolute Gasteiger partial charge is 0.282 e. The number of nitrogens with zero attached hydrogens (tertiary/aromatic N) is 2. The highest BCUT2D eigenvalue weighted by atomic mass is 32.2. The number of anilines is 1. The number of phenols is 1. The van der Waals surface area contributed by atoms with Crippen LogP contribution in [0.4, 0.5) is 5.69 Å². The summed E-state index contributed by atoms with van der Waals surface area (Å²) in [6, 6.07) is 13.8. The predicted octanol–water partition coefficient (Wildman–Crippen LogP) is 4.41. The van der Waals surface area contributed by atoms with E-state index in [1.165, 1.54) is 0 Å². The monoisotopic (exact) mass is 509 g/mol. The van der Waals surface area contributed by atoms with Crippen LogP contribution in [0.15, 0.2) is 53.5 Å². The zero-order valence-corrected chi connectivity index (χ0v) is 21.6. The number of benzene rings is 3. The molecule has 3 aromatic rings. The van der Waals surface area contributed by atoms with Crippen molar-refractivity contribution in [1.29, 1.82) is 0 Å². The summed E-state index contributed by atoms with van der Waals surface area (Å²) in [5.74, 6) is -0.0890. The van der Waals surface area contributed by atoms with E-state index in [0.29, 0.717) is 52.1 Å². The number of aliphatic imine (C=N–C) groups is 1. The number of rotatable bonds is 11. The van der Waals surface area contributed by atoms with Gasteiger partial charge in [-0.3, -0.25) is 9.52 Å². The molecule has 0 saturated carbocycles. The van der Waals surface area contributed by atoms with Crippen LogP contribution in [0, 0.1) is 0 Å². The average molecular weight is 510 g/mol. The molecule has 0 atom stereocenters. The number of hydrogen-bond donors (Lipinski definition) is 2. The number of aromatic hydroxyl groups is 1. The fourth-order valence-electron chi connectivity index (χ4n) is 4.48. The van der Waals surface area contributed by atoms with Gasteiger partial charge in [-0.2, -0.15) is 0 Å². The summed E-state index contributed by atoms with van der Waals surface area (Å²) >= 11 is 0. The molecule has 1 aliphatic rings. The number of fused-ring (bicyclic) bond motifs is 2. The molecular weight excluding hydrogens is 478 g/mol. The lowest BCUT2D eigenvalue weighted by Crippen LogP contribution is -2.27. The lowest BCUT2D eigenvalue weighted by Gasteiger charge is -2.17. The van der Waals surface area contributed by atoms with Gasteiger partial charge in [0, 0.05) is 22.0 Å². The fourth-order valence-corrected chi connectivity index (χ4v) is 5.59. The van der Waals surface area contributed by atoms with Gasteiger partial charge in [0.15, 0.2) is 0 Å². The molecule has 0 fully saturated rings. The third kappa shape index (κ3) is 5.08. The van der Waals surface area contributed by atoms with Crippen LogP contribution in [0.1, 0.15) is 48.7 Å². The van der Waals surface area contributed by atoms with Crippen molar-refractivity contribution in [3.63, 3.8) is 0 Å². The minimum absolute atomic E-state index is 0.0288. The maximum Gasteiger partial charge on any atom is 0.282 e. The Balaban J connectivity index is 1.60. The van der Waals surface area contributed by atoms with Crippen molar-refractivity contribution < 1.29 is 23.1 Å². The van der Waals surface area contributed by atoms with Gasteiger partial charge < -0.3 is 14.7 Å². The number of ether oxygens (including phenoxy) is 1. The fraction of sp³-hybridized carbons (Fsp3) is 0.333. The van der Waals surface area contributed by atoms with E-state index in [4.69, 9.17) is 4.74 Å². The van der Waals surface area contributed by atoms with E-state index in [-0.39, 0.29) is 17.1 Å². The molecule has 0 radical (unpaired) electrons. The van der Waals surface area contributed by atoms with Gasteiger partial charge in [-0.05, 0) is 45.1 Å². The second kappa shape index (κ2) is 10.7. The van der Waals surface area contributed by atoms with Crippen LogP contribution < -0.4 is 9.46 Å². The molecule has 0 aromatic heterocycles. The molecule has 4 rings (SSSR count). The summed E-state index contributed by atoms with van der Waals surface area (Å²) in [7, 11) is -3.50. The summed E-state index contributed by atoms with van der Waals surface area (Å²) in [5.41, 5.74) is 1.89. The third-order valence-corrected chi connectivity index (χ3v) is 7.68. The molecule has 1 heterocycles. The van der Waals surface area contributed by atoms with Crippen LogP contribution in [0.5, 0.6) is 11.5 Å². The maximum atomic E-state index is 12.9. The van der Waals surface area contributed by atoms with E-state index < -0.39 is 15.9 Å². The molecule has 36 heavy (non-hydrogen) atoms. The first kappa shape index (κ1) is 25.7. The first-order valence-electron chi connectivity index (χ1n) is 12.2. The second-order valence-corrected chi connectivity index (χ2v) is 10.4. The van der Waals surface area contributed by atoms with E-state index in [1.54, 1.807) is 42.5 Å². The van der Waals surface area contributed by atoms with E-state index in [1.807, 2.05) is 13.0 Å². The Morgan fingerprint density at radius 3 is 2.28 bits per heavy atom. The topological polar surface area (TPSA) is 108 Å². The molecule has 0 spiro atoms. The highest BCUT2D eigenvalue weighted by Crippen LogP contribution is 2.44. The number of carbonyl (C=O) groups is 1. The van der Waals surface area contributed by atoms with Crippen molar-refractivity contribution in [2.45, 2.75) is 27.2 Å². The largest absolute Gasteiger partial charge is 0.507 e. The quantitative estimate of drug-likeness (QED) is 0.396. The Bertz CT molecular complexity index is 1410. The molecule has 1 amide bonds. The number of phenolic OH excluding ortho intramolecular Hbond substituents is 1. The van der Waals surface area contributed by atoms with Crippen molar-refractivity contribution in [2.75, 3.05) is 36.7 Å². The molecule has 2 N–H and O–H groups in total. The van der Waals surface area contributed by atoms with Crippen LogP contribution in [0.2, 0.25) is 0 Å². The molecule has 0 saturated heterocycles. The van der Waals surface area contributed by atoms with Crippen molar-refractivity contribution in [2.24, 2.45) is 4.99 Å². The molecule has 0 unspecified atom stereocenters. The number of hydrogen-bond acceptors (Lipinski definition) is 6. The Labute approximate surface area is 211 Å². The maximum absolute atomic E-state index is 12.9. The molecule has 8 nitrogen and oxygen atoms in total. The van der Waals surface area contributed by atoms with E-state index >= 15 is 0 Å². The van der Waals surface area contributed by atoms with E-state index in [0.717, 1.165) is 19.6 Å². The van der Waals surface area contributed by atoms with E-state index in [9.17, 15) is 18.3 Å². The van der Waals surface area contributed by atoms with Gasteiger partial charge in [0.25, 0.3) is 5.91 Å². The Morgan fingerprint density at radius 2 is 1.64 bits per heavy atom. The average Bonchev–Trinajstić information content (AvgIpc) is 3.22. The van der Waals surface area contributed by atoms with Gasteiger partial charge >= 0.3 is 0 Å². The lowest BCUT2D eigenvalue weighted by molar-refractivity contribution is 0.100. The Morgan fingerprint density at radius 1 is 0.972 bits per heavy atom. The predicted molar refractivity (Wildman–Crippen MR) is 143 cm³/mol. The van der Waals surface area contributed by atoms with Gasteiger partial charge in [-0.1, -0.05) is 50.2 Å². The van der Waals surface area contributed by atoms with Crippen LogP contribution in [0.3, 0.4) is 0 Å². The molecule has 190 valence electrons. The number of sulfonamides is 1. The van der Waals surface area contributed by atoms with Crippen LogP contribution >= 0.6 is 0 Å². The SMILES string of the molecule is CCOc1c2c(c(O)c3ccccc13)C(c1ccc(NS(=O)(=O)CCCN(CC)CC)cc1)=NC2=O. The first-order chi connectivity index (χ1) is 17.3. The van der Waals surface area contributed by atoms with Crippen molar-refractivity contribution in [3.8, 4) is 11.5 Å². The van der Waals surface area contributed by atoms with Crippen LogP contribution in [-0.2, 0) is 10.0 Å². The van der Waals surface area contributed by atoms with Crippen molar-refractivity contribution >= 4 is 38.1 Å². The summed E-state index contributed by atoms with van der Waals surface area (Å²) in [5, 5.41) is 12.3. The van der Waals surface area contributed by atoms with Crippen molar-refractivity contribution in [3.05, 3.63) is 65.2 Å². The standard InChI is InChI=1S/C27H31N3O5S/c1-4-30(5-2)16-9-17-36(33,34)29-19-14-12-18(13-15-19)24-22-23(27(32)28-24)26(35-6-3)21-11-8-7-10-20(21)25(22)31/h7-8,10-15,29,31H,4-6,9,16-17H2,1-3H3. The molecular formula is C27H31N3O5S. The van der Waals surface area contributed by atoms with Gasteiger partial charge in [-0.15, -0.1) is 0 Å². The summed E-state index contributed by atoms with van der Waals surface area (Å²) < 4.78 is 33.5. The van der Waals surface area contributed by atoms with Crippen LogP contribution in [-0.4, -0.2) is 62.0 Å². The third-order valence-electron chi connectivity index (χ3n) is 6.31. The summed E-state index contributed by atoms with van der Waals surface area (Å²) in [4.78, 5) is 19.3. The van der Waals surface area contributed by atoms with Gasteiger partial charge in [0.1, 0.15) is 11.5 Å². The lowest BCUT2D eigenvalue weighted by atomic mass is 9.93. The van der Waals surface area contributed by atoms with Crippen LogP contribution in [0.25, 0.3) is 10.8 Å². The summed E-state index contributed by atoms with van der Waals surface area (Å²) in [6.07, 6.45) is 0.542. The molecule has 1 aliphatic heterocycles. The van der Waals surface area contributed by atoms with E-state index in [2.05, 4.69) is 28.5 Å². The Kier molecular flexibility index (Phi) is 7.61. The zero-order chi connectivity index (χ0) is 25.9. The minimum Gasteiger partial charge on any atom is -0.507 e. The second-order valence-electron chi connectivity index (χ2n) is 8.55. The first-order valence-corrected chi connectivity index (χ1v) is 13.8. The summed E-state index contributed by atoms with van der Waals surface area (Å²) in [6.45, 7) is 8.79. The molecule has 3 aromatic carbocycles. The number of amides is 1. The van der Waals surface area contributed by atoms with Crippen molar-refractivity contribution in [1.82, 2.24) is 4.90 Å². The highest BCUT2D eigenvalue weighted by Gasteiger charge is 2.33. The Hall–Kier alpha value is -3.43. The molecule has 9 heteroatoms. The zero-order valence-electron chi connectivity index (χ0n) is 20.7. The molecule has 0 aliphatic carbocycles. The van der Waals surface area contributed by atoms with Gasteiger partial charge in [0.2, 0.25) is 10.0 Å². The number of nitrogens with one attached hydrogen (secondary N) is 1. The number of carbonyl (C=O) groups excluding carboxylic acids is 1. The molecule has 0 bridgehead atoms.